The smallest absolute Gasteiger partial charge is 0.335 e. The van der Waals surface area contributed by atoms with Crippen molar-refractivity contribution in [2.24, 2.45) is 0 Å². The van der Waals surface area contributed by atoms with Crippen molar-refractivity contribution in [1.29, 1.82) is 0 Å². The minimum Gasteiger partial charge on any atom is -0.462 e. The molecule has 0 aromatic heterocycles. The summed E-state index contributed by atoms with van der Waals surface area (Å²) in [6.45, 7) is 0.281. The van der Waals surface area contributed by atoms with Crippen LogP contribution >= 0.6 is 11.6 Å². The van der Waals surface area contributed by atoms with Crippen LogP contribution in [0.1, 0.15) is 6.42 Å². The molecule has 1 aliphatic rings. The highest BCUT2D eigenvalue weighted by atomic mass is 35.5. The van der Waals surface area contributed by atoms with Crippen molar-refractivity contribution in [2.75, 3.05) is 6.61 Å². The van der Waals surface area contributed by atoms with E-state index >= 15 is 0 Å². The molecule has 1 fully saturated rings. The molecule has 0 aliphatic carbocycles. The summed E-state index contributed by atoms with van der Waals surface area (Å²) in [6.07, 6.45) is 1.56. The maximum Gasteiger partial charge on any atom is 0.335 e. The molecule has 0 unspecified atom stereocenters. The average molecular weight is 288 g/mol. The van der Waals surface area contributed by atoms with Crippen LogP contribution < -0.4 is 4.72 Å². The van der Waals surface area contributed by atoms with Crippen molar-refractivity contribution in [2.45, 2.75) is 11.3 Å². The Labute approximate surface area is 109 Å². The second kappa shape index (κ2) is 4.99. The molecule has 0 amide bonds. The van der Waals surface area contributed by atoms with E-state index in [1.54, 1.807) is 6.07 Å². The summed E-state index contributed by atoms with van der Waals surface area (Å²) in [5.74, 6) is -0.496. The van der Waals surface area contributed by atoms with E-state index in [2.05, 4.69) is 4.72 Å². The van der Waals surface area contributed by atoms with Crippen LogP contribution in [0.25, 0.3) is 0 Å². The third-order valence-corrected chi connectivity index (χ3v) is 3.90. The van der Waals surface area contributed by atoms with Gasteiger partial charge in [-0.2, -0.15) is 0 Å². The third-order valence-electron chi connectivity index (χ3n) is 2.36. The summed E-state index contributed by atoms with van der Waals surface area (Å²) in [5.41, 5.74) is 0.306. The fourth-order valence-corrected chi connectivity index (χ4v) is 2.66. The number of esters is 1. The lowest BCUT2D eigenvalue weighted by Gasteiger charge is -2.04. The molecule has 0 spiro atoms. The van der Waals surface area contributed by atoms with Crippen molar-refractivity contribution >= 4 is 27.6 Å². The number of halogens is 1. The van der Waals surface area contributed by atoms with Gasteiger partial charge in [-0.15, -0.1) is 0 Å². The van der Waals surface area contributed by atoms with Crippen LogP contribution in [0.2, 0.25) is 5.02 Å². The van der Waals surface area contributed by atoms with Gasteiger partial charge in [0.25, 0.3) is 10.0 Å². The van der Waals surface area contributed by atoms with Gasteiger partial charge in [0.05, 0.1) is 17.1 Å². The predicted octanol–water partition coefficient (Wildman–Crippen LogP) is 1.45. The van der Waals surface area contributed by atoms with Crippen LogP contribution in [0.3, 0.4) is 0 Å². The minimum absolute atomic E-state index is 0.0400. The number of hydrogen-bond acceptors (Lipinski definition) is 4. The van der Waals surface area contributed by atoms with Crippen LogP contribution in [0.5, 0.6) is 0 Å². The first-order chi connectivity index (χ1) is 8.49. The van der Waals surface area contributed by atoms with Gasteiger partial charge in [-0.1, -0.05) is 17.7 Å². The quantitative estimate of drug-likeness (QED) is 0.674. The van der Waals surface area contributed by atoms with Gasteiger partial charge in [-0.05, 0) is 18.2 Å². The summed E-state index contributed by atoms with van der Waals surface area (Å²) in [7, 11) is -3.71. The second-order valence-electron chi connectivity index (χ2n) is 3.63. The molecule has 7 heteroatoms. The largest absolute Gasteiger partial charge is 0.462 e. The first kappa shape index (κ1) is 12.9. The van der Waals surface area contributed by atoms with Crippen molar-refractivity contribution in [3.63, 3.8) is 0 Å². The number of benzene rings is 1. The molecule has 5 nitrogen and oxygen atoms in total. The van der Waals surface area contributed by atoms with E-state index in [0.717, 1.165) is 6.20 Å². The summed E-state index contributed by atoms with van der Waals surface area (Å²) in [4.78, 5) is 11.2. The Kier molecular flexibility index (Phi) is 3.58. The average Bonchev–Trinajstić information content (AvgIpc) is 2.72. The normalized spacial score (nSPS) is 17.8. The first-order valence-corrected chi connectivity index (χ1v) is 6.99. The van der Waals surface area contributed by atoms with Crippen LogP contribution in [-0.4, -0.2) is 21.0 Å². The summed E-state index contributed by atoms with van der Waals surface area (Å²) >= 11 is 5.72. The topological polar surface area (TPSA) is 72.5 Å². The molecule has 0 radical (unpaired) electrons. The molecule has 1 aliphatic heterocycles. The van der Waals surface area contributed by atoms with Crippen molar-refractivity contribution < 1.29 is 17.9 Å². The van der Waals surface area contributed by atoms with Crippen LogP contribution in [0.4, 0.5) is 0 Å². The van der Waals surface area contributed by atoms with Crippen LogP contribution in [0.15, 0.2) is 40.9 Å². The number of cyclic esters (lactones) is 1. The molecule has 0 saturated carbocycles. The fourth-order valence-electron chi connectivity index (χ4n) is 1.43. The van der Waals surface area contributed by atoms with E-state index in [0.29, 0.717) is 17.0 Å². The molecule has 1 aromatic carbocycles. The Balaban J connectivity index is 2.20. The molecular formula is C11H10ClNO4S. The van der Waals surface area contributed by atoms with E-state index in [1.165, 1.54) is 18.2 Å². The number of carbonyl (C=O) groups excluding carboxylic acids is 1. The maximum absolute atomic E-state index is 11.9. The van der Waals surface area contributed by atoms with Crippen molar-refractivity contribution in [3.05, 3.63) is 41.1 Å². The molecule has 1 saturated heterocycles. The zero-order valence-electron chi connectivity index (χ0n) is 9.22. The highest BCUT2D eigenvalue weighted by molar-refractivity contribution is 7.89. The molecule has 1 N–H and O–H groups in total. The molecule has 2 rings (SSSR count). The minimum atomic E-state index is -3.71. The van der Waals surface area contributed by atoms with Crippen LogP contribution in [-0.2, 0) is 19.6 Å². The Morgan fingerprint density at radius 2 is 2.17 bits per heavy atom. The summed E-state index contributed by atoms with van der Waals surface area (Å²) < 4.78 is 30.7. The number of rotatable bonds is 3. The molecular weight excluding hydrogens is 278 g/mol. The van der Waals surface area contributed by atoms with E-state index in [1.807, 2.05) is 0 Å². The van der Waals surface area contributed by atoms with Gasteiger partial charge < -0.3 is 4.74 Å². The Morgan fingerprint density at radius 3 is 2.78 bits per heavy atom. The Hall–Kier alpha value is -1.53. The third kappa shape index (κ3) is 2.83. The van der Waals surface area contributed by atoms with Crippen LogP contribution in [0, 0.1) is 0 Å². The molecule has 96 valence electrons. The maximum atomic E-state index is 11.9. The predicted molar refractivity (Wildman–Crippen MR) is 65.4 cm³/mol. The van der Waals surface area contributed by atoms with E-state index in [4.69, 9.17) is 16.3 Å². The van der Waals surface area contributed by atoms with E-state index < -0.39 is 16.0 Å². The van der Waals surface area contributed by atoms with E-state index in [-0.39, 0.29) is 11.5 Å². The Morgan fingerprint density at radius 1 is 1.39 bits per heavy atom. The molecule has 18 heavy (non-hydrogen) atoms. The summed E-state index contributed by atoms with van der Waals surface area (Å²) in [6, 6.07) is 5.86. The fraction of sp³-hybridized carbons (Fsp3) is 0.182. The van der Waals surface area contributed by atoms with Gasteiger partial charge in [0.2, 0.25) is 0 Å². The lowest BCUT2D eigenvalue weighted by Crippen LogP contribution is -2.19. The zero-order valence-corrected chi connectivity index (χ0v) is 10.8. The standard InChI is InChI=1S/C11H10ClNO4S/c12-9-2-1-3-10(6-9)18(15,16)13-7-8-4-5-17-11(8)14/h1-3,6-7,13H,4-5H2. The van der Waals surface area contributed by atoms with Gasteiger partial charge in [0.15, 0.2) is 0 Å². The van der Waals surface area contributed by atoms with Gasteiger partial charge in [-0.3, -0.25) is 4.72 Å². The Bertz CT molecular complexity index is 609. The molecule has 1 heterocycles. The highest BCUT2D eigenvalue weighted by Crippen LogP contribution is 2.16. The number of sulfonamides is 1. The zero-order chi connectivity index (χ0) is 13.2. The van der Waals surface area contributed by atoms with Gasteiger partial charge in [-0.25, -0.2) is 13.2 Å². The molecule has 1 aromatic rings. The highest BCUT2D eigenvalue weighted by Gasteiger charge is 2.20. The number of ether oxygens (including phenoxy) is 1. The molecule has 0 bridgehead atoms. The lowest BCUT2D eigenvalue weighted by molar-refractivity contribution is -0.135. The van der Waals surface area contributed by atoms with Crippen molar-refractivity contribution in [3.8, 4) is 0 Å². The number of nitrogens with one attached hydrogen (secondary N) is 1. The number of carbonyl (C=O) groups is 1. The van der Waals surface area contributed by atoms with E-state index in [9.17, 15) is 13.2 Å². The number of hydrogen-bond donors (Lipinski definition) is 1. The SMILES string of the molecule is O=C1OCCC1=CNS(=O)(=O)c1cccc(Cl)c1. The lowest BCUT2D eigenvalue weighted by atomic mass is 10.2. The summed E-state index contributed by atoms with van der Waals surface area (Å²) in [5, 5.41) is 0.325. The first-order valence-electron chi connectivity index (χ1n) is 5.13. The van der Waals surface area contributed by atoms with Gasteiger partial charge >= 0.3 is 5.97 Å². The van der Waals surface area contributed by atoms with Gasteiger partial charge in [0, 0.05) is 17.6 Å². The van der Waals surface area contributed by atoms with Crippen molar-refractivity contribution in [1.82, 2.24) is 4.72 Å². The molecule has 0 atom stereocenters. The second-order valence-corrected chi connectivity index (χ2v) is 5.78. The van der Waals surface area contributed by atoms with Gasteiger partial charge in [0.1, 0.15) is 0 Å². The monoisotopic (exact) mass is 287 g/mol.